The molecule has 1 N–H and O–H groups in total. The molecule has 0 rings (SSSR count). The SMILES string of the molecule is CCOC(=O)/C=C(\C)CCCCCC(C)O. The third-order valence-electron chi connectivity index (χ3n) is 2.34. The maximum absolute atomic E-state index is 11.1. The van der Waals surface area contributed by atoms with Crippen molar-refractivity contribution in [3.8, 4) is 0 Å². The number of aliphatic hydroxyl groups excluding tert-OH is 1. The Bertz CT molecular complexity index is 219. The van der Waals surface area contributed by atoms with Crippen molar-refractivity contribution in [3.63, 3.8) is 0 Å². The van der Waals surface area contributed by atoms with Crippen LogP contribution >= 0.6 is 0 Å². The Morgan fingerprint density at radius 1 is 1.38 bits per heavy atom. The van der Waals surface area contributed by atoms with E-state index < -0.39 is 0 Å². The largest absolute Gasteiger partial charge is 0.463 e. The molecule has 0 aromatic heterocycles. The summed E-state index contributed by atoms with van der Waals surface area (Å²) in [5.74, 6) is -0.246. The van der Waals surface area contributed by atoms with Crippen molar-refractivity contribution >= 4 is 5.97 Å². The molecule has 0 radical (unpaired) electrons. The fourth-order valence-electron chi connectivity index (χ4n) is 1.48. The van der Waals surface area contributed by atoms with Gasteiger partial charge < -0.3 is 9.84 Å². The van der Waals surface area contributed by atoms with Crippen molar-refractivity contribution in [2.45, 2.75) is 59.0 Å². The molecule has 16 heavy (non-hydrogen) atoms. The Morgan fingerprint density at radius 2 is 2.06 bits per heavy atom. The number of ether oxygens (including phenoxy) is 1. The van der Waals surface area contributed by atoms with Gasteiger partial charge in [-0.15, -0.1) is 0 Å². The van der Waals surface area contributed by atoms with Gasteiger partial charge in [0.05, 0.1) is 12.7 Å². The third kappa shape index (κ3) is 9.71. The number of carbonyl (C=O) groups excluding carboxylic acids is 1. The topological polar surface area (TPSA) is 46.5 Å². The molecule has 0 aromatic rings. The van der Waals surface area contributed by atoms with Crippen LogP contribution in [0.2, 0.25) is 0 Å². The molecule has 0 saturated carbocycles. The van der Waals surface area contributed by atoms with Crippen molar-refractivity contribution in [3.05, 3.63) is 11.6 Å². The van der Waals surface area contributed by atoms with Crippen molar-refractivity contribution in [2.24, 2.45) is 0 Å². The molecule has 3 nitrogen and oxygen atoms in total. The van der Waals surface area contributed by atoms with Gasteiger partial charge in [0.25, 0.3) is 0 Å². The molecule has 1 unspecified atom stereocenters. The standard InChI is InChI=1S/C13H24O3/c1-4-16-13(15)10-11(2)8-6-5-7-9-12(3)14/h10,12,14H,4-9H2,1-3H3/b11-10+. The fourth-order valence-corrected chi connectivity index (χ4v) is 1.48. The highest BCUT2D eigenvalue weighted by Crippen LogP contribution is 2.10. The first-order valence-corrected chi connectivity index (χ1v) is 6.08. The van der Waals surface area contributed by atoms with E-state index in [0.717, 1.165) is 37.7 Å². The van der Waals surface area contributed by atoms with Gasteiger partial charge in [-0.2, -0.15) is 0 Å². The number of unbranched alkanes of at least 4 members (excludes halogenated alkanes) is 2. The average molecular weight is 228 g/mol. The van der Waals surface area contributed by atoms with Gasteiger partial charge in [0.2, 0.25) is 0 Å². The number of carbonyl (C=O) groups is 1. The van der Waals surface area contributed by atoms with Crippen LogP contribution in [-0.4, -0.2) is 23.8 Å². The van der Waals surface area contributed by atoms with E-state index in [-0.39, 0.29) is 12.1 Å². The second-order valence-corrected chi connectivity index (χ2v) is 4.19. The van der Waals surface area contributed by atoms with Gasteiger partial charge in [0.1, 0.15) is 0 Å². The van der Waals surface area contributed by atoms with Crippen LogP contribution in [0.25, 0.3) is 0 Å². The highest BCUT2D eigenvalue weighted by Gasteiger charge is 1.99. The lowest BCUT2D eigenvalue weighted by atomic mass is 10.1. The van der Waals surface area contributed by atoms with E-state index in [9.17, 15) is 4.79 Å². The van der Waals surface area contributed by atoms with E-state index >= 15 is 0 Å². The molecule has 0 amide bonds. The summed E-state index contributed by atoms with van der Waals surface area (Å²) in [5, 5.41) is 9.07. The van der Waals surface area contributed by atoms with Gasteiger partial charge in [-0.1, -0.05) is 18.4 Å². The number of esters is 1. The minimum atomic E-state index is -0.246. The Labute approximate surface area is 98.5 Å². The van der Waals surface area contributed by atoms with Crippen LogP contribution in [0, 0.1) is 0 Å². The highest BCUT2D eigenvalue weighted by molar-refractivity contribution is 5.82. The van der Waals surface area contributed by atoms with Gasteiger partial charge in [0.15, 0.2) is 0 Å². The first kappa shape index (κ1) is 15.2. The zero-order chi connectivity index (χ0) is 12.4. The quantitative estimate of drug-likeness (QED) is 0.395. The lowest BCUT2D eigenvalue weighted by molar-refractivity contribution is -0.137. The van der Waals surface area contributed by atoms with Gasteiger partial charge in [-0.05, 0) is 40.0 Å². The molecule has 0 saturated heterocycles. The molecule has 0 aromatic carbocycles. The molecule has 0 aliphatic carbocycles. The summed E-state index contributed by atoms with van der Waals surface area (Å²) in [6.07, 6.45) is 6.37. The average Bonchev–Trinajstić information content (AvgIpc) is 2.16. The maximum atomic E-state index is 11.1. The number of rotatable bonds is 8. The van der Waals surface area contributed by atoms with E-state index in [1.165, 1.54) is 0 Å². The number of hydrogen-bond acceptors (Lipinski definition) is 3. The molecule has 0 bridgehead atoms. The Morgan fingerprint density at radius 3 is 2.62 bits per heavy atom. The summed E-state index contributed by atoms with van der Waals surface area (Å²) >= 11 is 0. The van der Waals surface area contributed by atoms with Crippen molar-refractivity contribution in [2.75, 3.05) is 6.61 Å². The molecule has 0 aliphatic heterocycles. The molecule has 0 heterocycles. The van der Waals surface area contributed by atoms with E-state index in [2.05, 4.69) is 0 Å². The highest BCUT2D eigenvalue weighted by atomic mass is 16.5. The molecule has 0 spiro atoms. The summed E-state index contributed by atoms with van der Waals surface area (Å²) in [7, 11) is 0. The summed E-state index contributed by atoms with van der Waals surface area (Å²) in [6.45, 7) is 5.99. The number of hydrogen-bond donors (Lipinski definition) is 1. The van der Waals surface area contributed by atoms with E-state index in [1.807, 2.05) is 13.8 Å². The van der Waals surface area contributed by atoms with Gasteiger partial charge in [0, 0.05) is 6.08 Å². The molecular formula is C13H24O3. The predicted octanol–water partition coefficient (Wildman–Crippen LogP) is 2.83. The van der Waals surface area contributed by atoms with Crippen LogP contribution in [-0.2, 0) is 9.53 Å². The summed E-state index contributed by atoms with van der Waals surface area (Å²) < 4.78 is 4.82. The molecule has 0 aliphatic rings. The van der Waals surface area contributed by atoms with Gasteiger partial charge in [-0.25, -0.2) is 4.79 Å². The van der Waals surface area contributed by atoms with Crippen LogP contribution in [0.15, 0.2) is 11.6 Å². The van der Waals surface area contributed by atoms with Crippen molar-refractivity contribution in [1.29, 1.82) is 0 Å². The molecule has 1 atom stereocenters. The van der Waals surface area contributed by atoms with E-state index in [0.29, 0.717) is 6.61 Å². The van der Waals surface area contributed by atoms with Crippen LogP contribution in [0.4, 0.5) is 0 Å². The second kappa shape index (κ2) is 9.40. The summed E-state index contributed by atoms with van der Waals surface area (Å²) in [4.78, 5) is 11.1. The summed E-state index contributed by atoms with van der Waals surface area (Å²) in [6, 6.07) is 0. The minimum absolute atomic E-state index is 0.198. The van der Waals surface area contributed by atoms with Crippen LogP contribution in [0.5, 0.6) is 0 Å². The maximum Gasteiger partial charge on any atom is 0.330 e. The Hall–Kier alpha value is -0.830. The predicted molar refractivity (Wildman–Crippen MR) is 65.2 cm³/mol. The van der Waals surface area contributed by atoms with Crippen LogP contribution < -0.4 is 0 Å². The molecule has 94 valence electrons. The van der Waals surface area contributed by atoms with Gasteiger partial charge >= 0.3 is 5.97 Å². The Balaban J connectivity index is 3.56. The smallest absolute Gasteiger partial charge is 0.330 e. The van der Waals surface area contributed by atoms with Gasteiger partial charge in [-0.3, -0.25) is 0 Å². The lowest BCUT2D eigenvalue weighted by Crippen LogP contribution is -2.00. The number of aliphatic hydroxyl groups is 1. The van der Waals surface area contributed by atoms with Crippen molar-refractivity contribution in [1.82, 2.24) is 0 Å². The summed E-state index contributed by atoms with van der Waals surface area (Å²) in [5.41, 5.74) is 1.07. The first-order valence-electron chi connectivity index (χ1n) is 6.08. The minimum Gasteiger partial charge on any atom is -0.463 e. The molecular weight excluding hydrogens is 204 g/mol. The van der Waals surface area contributed by atoms with E-state index in [1.54, 1.807) is 13.0 Å². The fraction of sp³-hybridized carbons (Fsp3) is 0.769. The Kier molecular flexibility index (Phi) is 8.91. The third-order valence-corrected chi connectivity index (χ3v) is 2.34. The lowest BCUT2D eigenvalue weighted by Gasteiger charge is -2.04. The zero-order valence-corrected chi connectivity index (χ0v) is 10.7. The zero-order valence-electron chi connectivity index (χ0n) is 10.7. The molecule has 0 fully saturated rings. The van der Waals surface area contributed by atoms with Crippen LogP contribution in [0.3, 0.4) is 0 Å². The monoisotopic (exact) mass is 228 g/mol. The van der Waals surface area contributed by atoms with E-state index in [4.69, 9.17) is 9.84 Å². The molecule has 3 heteroatoms. The first-order chi connectivity index (χ1) is 7.56. The second-order valence-electron chi connectivity index (χ2n) is 4.19. The number of allylic oxidation sites excluding steroid dienone is 1. The van der Waals surface area contributed by atoms with Crippen LogP contribution in [0.1, 0.15) is 52.9 Å². The van der Waals surface area contributed by atoms with Crippen molar-refractivity contribution < 1.29 is 14.6 Å². The normalized spacial score (nSPS) is 13.6.